The van der Waals surface area contributed by atoms with Crippen molar-refractivity contribution in [2.24, 2.45) is 0 Å². The molecule has 2 atom stereocenters. The Hall–Kier alpha value is -2.25. The number of allylic oxidation sites excluding steroid dienone is 1. The molecular weight excluding hydrogens is 386 g/mol. The van der Waals surface area contributed by atoms with Gasteiger partial charge in [-0.05, 0) is 43.0 Å². The summed E-state index contributed by atoms with van der Waals surface area (Å²) in [7, 11) is 0. The first-order valence-electron chi connectivity index (χ1n) is 11.0. The van der Waals surface area contributed by atoms with Crippen molar-refractivity contribution in [1.82, 2.24) is 4.90 Å². The van der Waals surface area contributed by atoms with Crippen molar-refractivity contribution in [3.63, 3.8) is 0 Å². The molecular formula is C23H31NO6. The van der Waals surface area contributed by atoms with Crippen molar-refractivity contribution in [3.8, 4) is 11.5 Å². The summed E-state index contributed by atoms with van der Waals surface area (Å²) in [5.74, 6) is 1.74. The smallest absolute Gasteiger partial charge is 0.288 e. The minimum atomic E-state index is -0.523. The van der Waals surface area contributed by atoms with Gasteiger partial charge in [-0.2, -0.15) is 0 Å². The van der Waals surface area contributed by atoms with Crippen LogP contribution in [-0.4, -0.2) is 55.3 Å². The van der Waals surface area contributed by atoms with Crippen LogP contribution >= 0.6 is 0 Å². The number of likely N-dealkylation sites (tertiary alicyclic amines) is 1. The molecule has 1 aromatic rings. The zero-order chi connectivity index (χ0) is 20.8. The number of nitrogens with zero attached hydrogens (tertiary/aromatic N) is 1. The lowest BCUT2D eigenvalue weighted by molar-refractivity contribution is -0.153. The normalized spacial score (nSPS) is 23.9. The molecule has 0 aliphatic carbocycles. The number of fused-ring (bicyclic) bond motifs is 1. The Morgan fingerprint density at radius 1 is 1.10 bits per heavy atom. The quantitative estimate of drug-likeness (QED) is 0.716. The predicted octanol–water partition coefficient (Wildman–Crippen LogP) is 3.32. The van der Waals surface area contributed by atoms with E-state index in [-0.39, 0.29) is 25.2 Å². The van der Waals surface area contributed by atoms with Gasteiger partial charge in [0.25, 0.3) is 5.91 Å². The third-order valence-electron chi connectivity index (χ3n) is 5.84. The summed E-state index contributed by atoms with van der Waals surface area (Å²) < 4.78 is 22.7. The molecule has 0 unspecified atom stereocenters. The van der Waals surface area contributed by atoms with Crippen LogP contribution in [0.1, 0.15) is 56.4 Å². The van der Waals surface area contributed by atoms with E-state index in [0.29, 0.717) is 25.2 Å². The fourth-order valence-corrected chi connectivity index (χ4v) is 4.17. The zero-order valence-electron chi connectivity index (χ0n) is 17.4. The first-order chi connectivity index (χ1) is 14.7. The van der Waals surface area contributed by atoms with Crippen LogP contribution in [0.4, 0.5) is 0 Å². The van der Waals surface area contributed by atoms with Gasteiger partial charge in [-0.25, -0.2) is 0 Å². The van der Waals surface area contributed by atoms with E-state index >= 15 is 0 Å². The first-order valence-corrected chi connectivity index (χ1v) is 11.0. The SMILES string of the molecule is O=C(C1=C[C@@H](c2ccc3c(c2)OCO3)C[C@@H](OCCCO)O1)N1CCCCCCC1. The Balaban J connectivity index is 1.54. The average molecular weight is 418 g/mol. The molecule has 30 heavy (non-hydrogen) atoms. The van der Waals surface area contributed by atoms with E-state index in [1.165, 1.54) is 6.42 Å². The third-order valence-corrected chi connectivity index (χ3v) is 5.84. The second-order valence-electron chi connectivity index (χ2n) is 8.04. The van der Waals surface area contributed by atoms with Gasteiger partial charge in [-0.3, -0.25) is 4.79 Å². The lowest BCUT2D eigenvalue weighted by atomic mass is 9.92. The van der Waals surface area contributed by atoms with Gasteiger partial charge in [0, 0.05) is 32.0 Å². The van der Waals surface area contributed by atoms with Crippen molar-refractivity contribution in [1.29, 1.82) is 0 Å². The van der Waals surface area contributed by atoms with Crippen LogP contribution in [0.3, 0.4) is 0 Å². The summed E-state index contributed by atoms with van der Waals surface area (Å²) in [5, 5.41) is 9.06. The molecule has 3 heterocycles. The lowest BCUT2D eigenvalue weighted by Gasteiger charge is -2.32. The van der Waals surface area contributed by atoms with Gasteiger partial charge in [-0.15, -0.1) is 0 Å². The minimum Gasteiger partial charge on any atom is -0.459 e. The Bertz CT molecular complexity index is 756. The Kier molecular flexibility index (Phi) is 7.12. The molecule has 0 spiro atoms. The topological polar surface area (TPSA) is 77.5 Å². The lowest BCUT2D eigenvalue weighted by Crippen LogP contribution is -2.38. The number of carbonyl (C=O) groups is 1. The standard InChI is InChI=1S/C23H31NO6/c25-11-6-12-27-22-15-18(17-7-8-19-20(13-17)29-16-28-19)14-21(30-22)23(26)24-9-4-2-1-3-5-10-24/h7-8,13-14,18,22,25H,1-6,9-12,15-16H2/t18-,22+/m1/s1. The Labute approximate surface area is 177 Å². The van der Waals surface area contributed by atoms with Gasteiger partial charge < -0.3 is 29.0 Å². The number of aliphatic hydroxyl groups excluding tert-OH is 1. The fourth-order valence-electron chi connectivity index (χ4n) is 4.17. The van der Waals surface area contributed by atoms with Crippen molar-refractivity contribution >= 4 is 5.91 Å². The van der Waals surface area contributed by atoms with E-state index in [2.05, 4.69) is 0 Å². The summed E-state index contributed by atoms with van der Waals surface area (Å²) >= 11 is 0. The third kappa shape index (κ3) is 5.08. The maximum atomic E-state index is 13.3. The molecule has 7 nitrogen and oxygen atoms in total. The highest BCUT2D eigenvalue weighted by Crippen LogP contribution is 2.38. The monoisotopic (exact) mass is 417 g/mol. The fraction of sp³-hybridized carbons (Fsp3) is 0.609. The molecule has 1 aromatic carbocycles. The molecule has 3 aliphatic heterocycles. The van der Waals surface area contributed by atoms with E-state index in [0.717, 1.165) is 55.8 Å². The van der Waals surface area contributed by atoms with Gasteiger partial charge in [0.05, 0.1) is 6.61 Å². The number of carbonyl (C=O) groups excluding carboxylic acids is 1. The van der Waals surface area contributed by atoms with Crippen LogP contribution in [0.15, 0.2) is 30.0 Å². The van der Waals surface area contributed by atoms with E-state index in [1.54, 1.807) is 0 Å². The molecule has 164 valence electrons. The van der Waals surface area contributed by atoms with Crippen molar-refractivity contribution in [2.45, 2.75) is 57.2 Å². The van der Waals surface area contributed by atoms with E-state index in [4.69, 9.17) is 24.1 Å². The number of rotatable bonds is 6. The van der Waals surface area contributed by atoms with E-state index < -0.39 is 6.29 Å². The number of hydrogen-bond acceptors (Lipinski definition) is 6. The predicted molar refractivity (Wildman–Crippen MR) is 110 cm³/mol. The van der Waals surface area contributed by atoms with Crippen LogP contribution < -0.4 is 9.47 Å². The number of amides is 1. The Morgan fingerprint density at radius 3 is 2.67 bits per heavy atom. The highest BCUT2D eigenvalue weighted by Gasteiger charge is 2.31. The summed E-state index contributed by atoms with van der Waals surface area (Å²) in [6.45, 7) is 2.22. The molecule has 1 fully saturated rings. The number of hydrogen-bond donors (Lipinski definition) is 1. The molecule has 1 saturated heterocycles. The van der Waals surface area contributed by atoms with Gasteiger partial charge in [0.1, 0.15) is 0 Å². The van der Waals surface area contributed by atoms with E-state index in [1.807, 2.05) is 29.2 Å². The second kappa shape index (κ2) is 10.2. The van der Waals surface area contributed by atoms with Gasteiger partial charge in [-0.1, -0.05) is 25.3 Å². The first kappa shape index (κ1) is 21.0. The maximum absolute atomic E-state index is 13.3. The van der Waals surface area contributed by atoms with Crippen molar-refractivity contribution < 1.29 is 28.8 Å². The van der Waals surface area contributed by atoms with Crippen LogP contribution in [0.5, 0.6) is 11.5 Å². The second-order valence-corrected chi connectivity index (χ2v) is 8.04. The van der Waals surface area contributed by atoms with Gasteiger partial charge in [0.15, 0.2) is 17.3 Å². The summed E-state index contributed by atoms with van der Waals surface area (Å²) in [4.78, 5) is 15.2. The van der Waals surface area contributed by atoms with Crippen molar-refractivity contribution in [2.75, 3.05) is 33.1 Å². The largest absolute Gasteiger partial charge is 0.459 e. The van der Waals surface area contributed by atoms with Crippen LogP contribution in [0.25, 0.3) is 0 Å². The maximum Gasteiger partial charge on any atom is 0.288 e. The molecule has 4 rings (SSSR count). The number of benzene rings is 1. The molecule has 0 saturated carbocycles. The van der Waals surface area contributed by atoms with Crippen LogP contribution in [0, 0.1) is 0 Å². The Morgan fingerprint density at radius 2 is 1.87 bits per heavy atom. The molecule has 7 heteroatoms. The minimum absolute atomic E-state index is 0.0268. The molecule has 0 bridgehead atoms. The highest BCUT2D eigenvalue weighted by molar-refractivity contribution is 5.91. The molecule has 0 aromatic heterocycles. The zero-order valence-corrected chi connectivity index (χ0v) is 17.4. The molecule has 1 amide bonds. The number of aliphatic hydroxyl groups is 1. The van der Waals surface area contributed by atoms with Crippen LogP contribution in [-0.2, 0) is 14.3 Å². The van der Waals surface area contributed by atoms with Gasteiger partial charge in [0.2, 0.25) is 13.1 Å². The summed E-state index contributed by atoms with van der Waals surface area (Å²) in [6, 6.07) is 5.88. The van der Waals surface area contributed by atoms with Crippen LogP contribution in [0.2, 0.25) is 0 Å². The average Bonchev–Trinajstić information content (AvgIpc) is 3.21. The number of ether oxygens (including phenoxy) is 4. The summed E-state index contributed by atoms with van der Waals surface area (Å²) in [6.07, 6.45) is 8.16. The molecule has 3 aliphatic rings. The highest BCUT2D eigenvalue weighted by atomic mass is 16.7. The van der Waals surface area contributed by atoms with Crippen molar-refractivity contribution in [3.05, 3.63) is 35.6 Å². The molecule has 1 N–H and O–H groups in total. The van der Waals surface area contributed by atoms with Gasteiger partial charge >= 0.3 is 0 Å². The summed E-state index contributed by atoms with van der Waals surface area (Å²) in [5.41, 5.74) is 1.04. The van der Waals surface area contributed by atoms with E-state index in [9.17, 15) is 4.79 Å². The molecule has 0 radical (unpaired) electrons.